The van der Waals surface area contributed by atoms with Gasteiger partial charge in [-0.1, -0.05) is 12.1 Å². The van der Waals surface area contributed by atoms with Crippen LogP contribution in [0.4, 0.5) is 0 Å². The maximum Gasteiger partial charge on any atom is 0.253 e. The zero-order valence-electron chi connectivity index (χ0n) is 18.0. The number of rotatable bonds is 8. The lowest BCUT2D eigenvalue weighted by molar-refractivity contribution is 0.0827. The Morgan fingerprint density at radius 3 is 2.65 bits per heavy atom. The van der Waals surface area contributed by atoms with Gasteiger partial charge in [0.25, 0.3) is 5.91 Å². The average molecular weight is 540 g/mol. The molecule has 0 atom stereocenters. The third-order valence-electron chi connectivity index (χ3n) is 4.52. The minimum atomic E-state index is 0. The molecule has 8 nitrogen and oxygen atoms in total. The Bertz CT molecular complexity index is 905. The topological polar surface area (TPSA) is 84.4 Å². The highest BCUT2D eigenvalue weighted by Gasteiger charge is 2.13. The van der Waals surface area contributed by atoms with Gasteiger partial charge >= 0.3 is 0 Å². The van der Waals surface area contributed by atoms with E-state index in [0.29, 0.717) is 37.0 Å². The first-order valence-corrected chi connectivity index (χ1v) is 9.84. The standard InChI is InChI=1S/C22H28N4O4.HI/c1-23-22(24-10-9-16-5-4-6-17(13-16)21(27)26(2)3)25-11-12-28-18-7-8-19-20(14-18)30-15-29-19;/h4-8,13-14H,9-12,15H2,1-3H3,(H2,23,24,25);1H. The molecule has 2 aromatic carbocycles. The quantitative estimate of drug-likeness (QED) is 0.232. The number of fused-ring (bicyclic) bond motifs is 1. The lowest BCUT2D eigenvalue weighted by Crippen LogP contribution is -2.40. The summed E-state index contributed by atoms with van der Waals surface area (Å²) in [5.74, 6) is 2.88. The van der Waals surface area contributed by atoms with Crippen molar-refractivity contribution >= 4 is 35.8 Å². The van der Waals surface area contributed by atoms with Crippen LogP contribution in [0.15, 0.2) is 47.5 Å². The lowest BCUT2D eigenvalue weighted by atomic mass is 10.1. The van der Waals surface area contributed by atoms with Crippen LogP contribution in [0.3, 0.4) is 0 Å². The molecule has 1 aliphatic heterocycles. The molecule has 0 bridgehead atoms. The molecule has 0 saturated heterocycles. The van der Waals surface area contributed by atoms with Gasteiger partial charge in [-0.25, -0.2) is 0 Å². The highest BCUT2D eigenvalue weighted by molar-refractivity contribution is 14.0. The molecule has 2 aromatic rings. The van der Waals surface area contributed by atoms with Gasteiger partial charge in [-0.15, -0.1) is 24.0 Å². The maximum atomic E-state index is 12.1. The second kappa shape index (κ2) is 12.2. The number of aliphatic imine (C=N–C) groups is 1. The molecule has 9 heteroatoms. The van der Waals surface area contributed by atoms with Gasteiger partial charge in [0.1, 0.15) is 12.4 Å². The van der Waals surface area contributed by atoms with Crippen molar-refractivity contribution < 1.29 is 19.0 Å². The van der Waals surface area contributed by atoms with Crippen molar-refractivity contribution in [2.75, 3.05) is 47.6 Å². The van der Waals surface area contributed by atoms with Crippen molar-refractivity contribution in [3.05, 3.63) is 53.6 Å². The van der Waals surface area contributed by atoms with E-state index in [0.717, 1.165) is 23.5 Å². The van der Waals surface area contributed by atoms with E-state index >= 15 is 0 Å². The number of nitrogens with zero attached hydrogens (tertiary/aromatic N) is 2. The number of guanidine groups is 1. The molecule has 1 aliphatic rings. The van der Waals surface area contributed by atoms with Gasteiger partial charge in [0.2, 0.25) is 6.79 Å². The van der Waals surface area contributed by atoms with E-state index in [1.54, 1.807) is 26.0 Å². The van der Waals surface area contributed by atoms with Crippen LogP contribution in [0.1, 0.15) is 15.9 Å². The minimum absolute atomic E-state index is 0. The second-order valence-corrected chi connectivity index (χ2v) is 6.94. The smallest absolute Gasteiger partial charge is 0.253 e. The molecular formula is C22H29IN4O4. The van der Waals surface area contributed by atoms with Gasteiger partial charge in [0.15, 0.2) is 17.5 Å². The molecule has 168 valence electrons. The second-order valence-electron chi connectivity index (χ2n) is 6.94. The van der Waals surface area contributed by atoms with Gasteiger partial charge in [-0.3, -0.25) is 9.79 Å². The van der Waals surface area contributed by atoms with Gasteiger partial charge in [-0.05, 0) is 36.2 Å². The van der Waals surface area contributed by atoms with E-state index in [-0.39, 0.29) is 36.7 Å². The highest BCUT2D eigenvalue weighted by Crippen LogP contribution is 2.34. The fraction of sp³-hybridized carbons (Fsp3) is 0.364. The fourth-order valence-electron chi connectivity index (χ4n) is 2.97. The normalized spacial score (nSPS) is 12.0. The van der Waals surface area contributed by atoms with Crippen molar-refractivity contribution in [2.24, 2.45) is 4.99 Å². The van der Waals surface area contributed by atoms with Crippen LogP contribution in [0.25, 0.3) is 0 Å². The SMILES string of the molecule is CN=C(NCCOc1ccc2c(c1)OCO2)NCCc1cccc(C(=O)N(C)C)c1.I. The van der Waals surface area contributed by atoms with Crippen LogP contribution in [0.2, 0.25) is 0 Å². The first-order chi connectivity index (χ1) is 14.6. The monoisotopic (exact) mass is 540 g/mol. The van der Waals surface area contributed by atoms with E-state index in [1.807, 2.05) is 42.5 Å². The molecule has 0 saturated carbocycles. The van der Waals surface area contributed by atoms with Crippen LogP contribution < -0.4 is 24.8 Å². The highest BCUT2D eigenvalue weighted by atomic mass is 127. The number of halogens is 1. The number of carbonyl (C=O) groups is 1. The van der Waals surface area contributed by atoms with Gasteiger partial charge in [0, 0.05) is 39.3 Å². The Morgan fingerprint density at radius 2 is 1.87 bits per heavy atom. The molecule has 3 rings (SSSR count). The van der Waals surface area contributed by atoms with E-state index in [9.17, 15) is 4.79 Å². The predicted molar refractivity (Wildman–Crippen MR) is 131 cm³/mol. The number of ether oxygens (including phenoxy) is 3. The summed E-state index contributed by atoms with van der Waals surface area (Å²) >= 11 is 0. The summed E-state index contributed by atoms with van der Waals surface area (Å²) in [6.07, 6.45) is 0.781. The number of hydrogen-bond donors (Lipinski definition) is 2. The van der Waals surface area contributed by atoms with Gasteiger partial charge in [0.05, 0.1) is 6.54 Å². The largest absolute Gasteiger partial charge is 0.492 e. The molecule has 1 amide bonds. The summed E-state index contributed by atoms with van der Waals surface area (Å²) in [5.41, 5.74) is 1.79. The Morgan fingerprint density at radius 1 is 1.10 bits per heavy atom. The summed E-state index contributed by atoms with van der Waals surface area (Å²) in [6.45, 7) is 2.02. The van der Waals surface area contributed by atoms with E-state index < -0.39 is 0 Å². The number of carbonyl (C=O) groups excluding carboxylic acids is 1. The number of nitrogens with one attached hydrogen (secondary N) is 2. The summed E-state index contributed by atoms with van der Waals surface area (Å²) in [5, 5.41) is 6.49. The zero-order chi connectivity index (χ0) is 21.3. The van der Waals surface area contributed by atoms with E-state index in [1.165, 1.54) is 0 Å². The molecular weight excluding hydrogens is 511 g/mol. The Labute approximate surface area is 200 Å². The average Bonchev–Trinajstić information content (AvgIpc) is 3.23. The fourth-order valence-corrected chi connectivity index (χ4v) is 2.97. The van der Waals surface area contributed by atoms with E-state index in [2.05, 4.69) is 15.6 Å². The Hall–Kier alpha value is -2.69. The van der Waals surface area contributed by atoms with Crippen LogP contribution in [-0.2, 0) is 6.42 Å². The Balaban J connectivity index is 0.00000341. The van der Waals surface area contributed by atoms with Crippen LogP contribution in [0, 0.1) is 0 Å². The van der Waals surface area contributed by atoms with Gasteiger partial charge < -0.3 is 29.7 Å². The van der Waals surface area contributed by atoms with Crippen LogP contribution in [-0.4, -0.2) is 64.4 Å². The van der Waals surface area contributed by atoms with Crippen molar-refractivity contribution in [2.45, 2.75) is 6.42 Å². The number of amides is 1. The molecule has 0 spiro atoms. The summed E-state index contributed by atoms with van der Waals surface area (Å²) in [4.78, 5) is 17.9. The molecule has 0 aliphatic carbocycles. The van der Waals surface area contributed by atoms with Crippen molar-refractivity contribution in [1.82, 2.24) is 15.5 Å². The summed E-state index contributed by atoms with van der Waals surface area (Å²) < 4.78 is 16.4. The van der Waals surface area contributed by atoms with Crippen molar-refractivity contribution in [3.8, 4) is 17.2 Å². The van der Waals surface area contributed by atoms with E-state index in [4.69, 9.17) is 14.2 Å². The van der Waals surface area contributed by atoms with Gasteiger partial charge in [-0.2, -0.15) is 0 Å². The third kappa shape index (κ3) is 7.20. The third-order valence-corrected chi connectivity index (χ3v) is 4.52. The number of hydrogen-bond acceptors (Lipinski definition) is 5. The Kier molecular flexibility index (Phi) is 9.70. The molecule has 0 unspecified atom stereocenters. The van der Waals surface area contributed by atoms with Crippen LogP contribution in [0.5, 0.6) is 17.2 Å². The molecule has 0 radical (unpaired) electrons. The molecule has 0 fully saturated rings. The van der Waals surface area contributed by atoms with Crippen LogP contribution >= 0.6 is 24.0 Å². The summed E-state index contributed by atoms with van der Waals surface area (Å²) in [7, 11) is 5.23. The minimum Gasteiger partial charge on any atom is -0.492 e. The molecule has 2 N–H and O–H groups in total. The first-order valence-electron chi connectivity index (χ1n) is 9.84. The maximum absolute atomic E-state index is 12.1. The zero-order valence-corrected chi connectivity index (χ0v) is 20.3. The predicted octanol–water partition coefficient (Wildman–Crippen LogP) is 2.52. The summed E-state index contributed by atoms with van der Waals surface area (Å²) in [6, 6.07) is 13.2. The first kappa shape index (κ1) is 24.6. The van der Waals surface area contributed by atoms with Crippen molar-refractivity contribution in [1.29, 1.82) is 0 Å². The molecule has 0 aromatic heterocycles. The lowest BCUT2D eigenvalue weighted by Gasteiger charge is -2.13. The molecule has 1 heterocycles. The van der Waals surface area contributed by atoms with Crippen molar-refractivity contribution in [3.63, 3.8) is 0 Å². The number of benzene rings is 2. The molecule has 31 heavy (non-hydrogen) atoms.